The van der Waals surface area contributed by atoms with Crippen LogP contribution in [0.5, 0.6) is 5.75 Å². The van der Waals surface area contributed by atoms with E-state index in [4.69, 9.17) is 4.74 Å². The highest BCUT2D eigenvalue weighted by Gasteiger charge is 2.31. The van der Waals surface area contributed by atoms with Gasteiger partial charge in [0.2, 0.25) is 5.91 Å². The molecule has 2 aromatic rings. The molecule has 1 fully saturated rings. The van der Waals surface area contributed by atoms with Gasteiger partial charge in [0.25, 0.3) is 5.91 Å². The predicted molar refractivity (Wildman–Crippen MR) is 111 cm³/mol. The summed E-state index contributed by atoms with van der Waals surface area (Å²) in [5.74, 6) is 0.330. The summed E-state index contributed by atoms with van der Waals surface area (Å²) in [6.07, 6.45) is 2.05. The Labute approximate surface area is 171 Å². The standard InChI is InChI=1S/C23H27N3O3/c1-29-21-8-4-7-18(13-21)23(28)24-14-22(27)26-12-10-20(16-26)25-11-9-17-5-2-3-6-19(17)15-25/h2-8,13,20H,9-12,14-16H2,1H3,(H,24,28). The van der Waals surface area contributed by atoms with Crippen LogP contribution in [0.3, 0.4) is 0 Å². The molecule has 1 unspecified atom stereocenters. The zero-order valence-electron chi connectivity index (χ0n) is 16.8. The van der Waals surface area contributed by atoms with E-state index in [0.29, 0.717) is 17.4 Å². The summed E-state index contributed by atoms with van der Waals surface area (Å²) in [5.41, 5.74) is 3.33. The number of nitrogens with zero attached hydrogens (tertiary/aromatic N) is 2. The topological polar surface area (TPSA) is 61.9 Å². The molecular formula is C23H27N3O3. The number of rotatable bonds is 5. The van der Waals surface area contributed by atoms with Crippen LogP contribution < -0.4 is 10.1 Å². The average Bonchev–Trinajstić information content (AvgIpc) is 3.27. The summed E-state index contributed by atoms with van der Waals surface area (Å²) in [6.45, 7) is 3.49. The Hall–Kier alpha value is -2.86. The minimum Gasteiger partial charge on any atom is -0.497 e. The van der Waals surface area contributed by atoms with E-state index in [9.17, 15) is 9.59 Å². The van der Waals surface area contributed by atoms with Crippen LogP contribution >= 0.6 is 0 Å². The first-order valence-electron chi connectivity index (χ1n) is 10.1. The molecule has 6 heteroatoms. The average molecular weight is 393 g/mol. The minimum atomic E-state index is -0.263. The van der Waals surface area contributed by atoms with Gasteiger partial charge in [0.05, 0.1) is 13.7 Å². The molecule has 152 valence electrons. The zero-order chi connectivity index (χ0) is 20.2. The van der Waals surface area contributed by atoms with Gasteiger partial charge < -0.3 is 15.0 Å². The monoisotopic (exact) mass is 393 g/mol. The van der Waals surface area contributed by atoms with Gasteiger partial charge in [-0.3, -0.25) is 14.5 Å². The number of fused-ring (bicyclic) bond motifs is 1. The van der Waals surface area contributed by atoms with E-state index in [1.807, 2.05) is 4.90 Å². The second kappa shape index (κ2) is 8.66. The molecule has 4 rings (SSSR count). The van der Waals surface area contributed by atoms with E-state index in [0.717, 1.165) is 39.0 Å². The Balaban J connectivity index is 1.28. The van der Waals surface area contributed by atoms with Crippen molar-refractivity contribution in [2.24, 2.45) is 0 Å². The highest BCUT2D eigenvalue weighted by molar-refractivity contribution is 5.96. The third-order valence-corrected chi connectivity index (χ3v) is 5.92. The van der Waals surface area contributed by atoms with Gasteiger partial charge in [-0.2, -0.15) is 0 Å². The lowest BCUT2D eigenvalue weighted by molar-refractivity contribution is -0.129. The summed E-state index contributed by atoms with van der Waals surface area (Å²) < 4.78 is 5.14. The fourth-order valence-corrected chi connectivity index (χ4v) is 4.23. The number of ether oxygens (including phenoxy) is 1. The maximum Gasteiger partial charge on any atom is 0.251 e. The molecule has 2 aliphatic heterocycles. The summed E-state index contributed by atoms with van der Waals surface area (Å²) in [4.78, 5) is 29.3. The minimum absolute atomic E-state index is 0.0194. The van der Waals surface area contributed by atoms with E-state index in [-0.39, 0.29) is 18.4 Å². The molecule has 2 heterocycles. The maximum absolute atomic E-state index is 12.6. The number of nitrogens with one attached hydrogen (secondary N) is 1. The molecule has 6 nitrogen and oxygen atoms in total. The summed E-state index contributed by atoms with van der Waals surface area (Å²) >= 11 is 0. The molecule has 0 saturated carbocycles. The molecule has 0 aliphatic carbocycles. The maximum atomic E-state index is 12.6. The Morgan fingerprint density at radius 2 is 1.93 bits per heavy atom. The van der Waals surface area contributed by atoms with Crippen molar-refractivity contribution in [3.8, 4) is 5.75 Å². The van der Waals surface area contributed by atoms with E-state index >= 15 is 0 Å². The fraction of sp³-hybridized carbons (Fsp3) is 0.391. The molecule has 1 N–H and O–H groups in total. The molecule has 2 aromatic carbocycles. The molecule has 0 bridgehead atoms. The van der Waals surface area contributed by atoms with Gasteiger partial charge in [-0.15, -0.1) is 0 Å². The van der Waals surface area contributed by atoms with Gasteiger partial charge in [-0.1, -0.05) is 30.3 Å². The molecule has 0 radical (unpaired) electrons. The van der Waals surface area contributed by atoms with Crippen LogP contribution in [0.4, 0.5) is 0 Å². The van der Waals surface area contributed by atoms with Crippen molar-refractivity contribution in [1.29, 1.82) is 0 Å². The molecule has 2 aliphatic rings. The number of hydrogen-bond donors (Lipinski definition) is 1. The second-order valence-corrected chi connectivity index (χ2v) is 7.69. The number of methoxy groups -OCH3 is 1. The van der Waals surface area contributed by atoms with Crippen LogP contribution in [0, 0.1) is 0 Å². The Morgan fingerprint density at radius 3 is 2.76 bits per heavy atom. The van der Waals surface area contributed by atoms with Crippen LogP contribution in [-0.2, 0) is 17.8 Å². The van der Waals surface area contributed by atoms with Gasteiger partial charge in [0, 0.05) is 37.8 Å². The lowest BCUT2D eigenvalue weighted by atomic mass is 9.98. The number of benzene rings is 2. The highest BCUT2D eigenvalue weighted by atomic mass is 16.5. The van der Waals surface area contributed by atoms with Gasteiger partial charge >= 0.3 is 0 Å². The van der Waals surface area contributed by atoms with Crippen molar-refractivity contribution >= 4 is 11.8 Å². The Morgan fingerprint density at radius 1 is 1.10 bits per heavy atom. The first-order valence-corrected chi connectivity index (χ1v) is 10.1. The molecule has 1 atom stereocenters. The normalized spacial score (nSPS) is 18.9. The SMILES string of the molecule is COc1cccc(C(=O)NCC(=O)N2CCC(N3CCc4ccccc4C3)C2)c1. The molecule has 0 spiro atoms. The van der Waals surface area contributed by atoms with Crippen molar-refractivity contribution in [2.75, 3.05) is 33.3 Å². The number of carbonyl (C=O) groups is 2. The first kappa shape index (κ1) is 19.5. The van der Waals surface area contributed by atoms with E-state index in [2.05, 4.69) is 34.5 Å². The predicted octanol–water partition coefficient (Wildman–Crippen LogP) is 2.08. The lowest BCUT2D eigenvalue weighted by Crippen LogP contribution is -2.43. The Kier molecular flexibility index (Phi) is 5.81. The largest absolute Gasteiger partial charge is 0.497 e. The number of carbonyl (C=O) groups excluding carboxylic acids is 2. The Bertz CT molecular complexity index is 898. The number of hydrogen-bond acceptors (Lipinski definition) is 4. The third kappa shape index (κ3) is 4.43. The molecule has 2 amide bonds. The van der Waals surface area contributed by atoms with Crippen LogP contribution in [0.1, 0.15) is 27.9 Å². The molecule has 0 aromatic heterocycles. The highest BCUT2D eigenvalue weighted by Crippen LogP contribution is 2.24. The van der Waals surface area contributed by atoms with Crippen LogP contribution in [0.15, 0.2) is 48.5 Å². The van der Waals surface area contributed by atoms with Crippen LogP contribution in [0.25, 0.3) is 0 Å². The number of amides is 2. The van der Waals surface area contributed by atoms with Crippen molar-refractivity contribution in [3.63, 3.8) is 0 Å². The van der Waals surface area contributed by atoms with Crippen molar-refractivity contribution in [2.45, 2.75) is 25.4 Å². The van der Waals surface area contributed by atoms with Crippen LogP contribution in [-0.4, -0.2) is 60.9 Å². The number of likely N-dealkylation sites (tertiary alicyclic amines) is 1. The molecule has 1 saturated heterocycles. The van der Waals surface area contributed by atoms with Gasteiger partial charge in [-0.05, 0) is 42.2 Å². The quantitative estimate of drug-likeness (QED) is 0.845. The zero-order valence-corrected chi connectivity index (χ0v) is 16.8. The fourth-order valence-electron chi connectivity index (χ4n) is 4.23. The van der Waals surface area contributed by atoms with Crippen molar-refractivity contribution in [3.05, 3.63) is 65.2 Å². The van der Waals surface area contributed by atoms with Gasteiger partial charge in [0.1, 0.15) is 5.75 Å². The van der Waals surface area contributed by atoms with Gasteiger partial charge in [-0.25, -0.2) is 0 Å². The van der Waals surface area contributed by atoms with Crippen molar-refractivity contribution < 1.29 is 14.3 Å². The van der Waals surface area contributed by atoms with E-state index in [1.165, 1.54) is 11.1 Å². The molecular weight excluding hydrogens is 366 g/mol. The van der Waals surface area contributed by atoms with Crippen LogP contribution in [0.2, 0.25) is 0 Å². The summed E-state index contributed by atoms with van der Waals surface area (Å²) in [6, 6.07) is 15.9. The summed E-state index contributed by atoms with van der Waals surface area (Å²) in [7, 11) is 1.56. The van der Waals surface area contributed by atoms with E-state index in [1.54, 1.807) is 31.4 Å². The molecule has 29 heavy (non-hydrogen) atoms. The summed E-state index contributed by atoms with van der Waals surface area (Å²) in [5, 5.41) is 2.74. The first-order chi connectivity index (χ1) is 14.1. The smallest absolute Gasteiger partial charge is 0.251 e. The second-order valence-electron chi connectivity index (χ2n) is 7.69. The third-order valence-electron chi connectivity index (χ3n) is 5.92. The van der Waals surface area contributed by atoms with Gasteiger partial charge in [0.15, 0.2) is 0 Å². The lowest BCUT2D eigenvalue weighted by Gasteiger charge is -2.33. The van der Waals surface area contributed by atoms with Crippen molar-refractivity contribution in [1.82, 2.24) is 15.1 Å². The van der Waals surface area contributed by atoms with E-state index < -0.39 is 0 Å².